The fourth-order valence-corrected chi connectivity index (χ4v) is 0.592. The van der Waals surface area contributed by atoms with Crippen molar-refractivity contribution in [3.05, 3.63) is 22.3 Å². The lowest BCUT2D eigenvalue weighted by molar-refractivity contribution is -0.504. The first-order valence-corrected chi connectivity index (χ1v) is 4.30. The zero-order valence-corrected chi connectivity index (χ0v) is 8.54. The normalized spacial score (nSPS) is 13.9. The number of hydrogen-bond acceptors (Lipinski definition) is 5. The van der Waals surface area contributed by atoms with Gasteiger partial charge in [0.05, 0.1) is 0 Å². The van der Waals surface area contributed by atoms with Crippen LogP contribution in [-0.2, 0) is 9.63 Å². The molecule has 0 heterocycles. The van der Waals surface area contributed by atoms with Gasteiger partial charge in [-0.3, -0.25) is 14.9 Å². The number of primary amides is 1. The number of rotatable bonds is 6. The summed E-state index contributed by atoms with van der Waals surface area (Å²) in [7, 11) is 0. The van der Waals surface area contributed by atoms with Crippen molar-refractivity contribution in [2.45, 2.75) is 19.9 Å². The van der Waals surface area contributed by atoms with E-state index in [4.69, 9.17) is 5.73 Å². The standard InChI is InChI=1S/C8H13N3O4/c1-3-15-10-7(8(9)12)5-4-6(2)11(13)14/h4-6H,3H2,1-2H3,(H2,9,12)/b5-4+,10-7+. The second kappa shape index (κ2) is 6.52. The van der Waals surface area contributed by atoms with E-state index in [0.717, 1.165) is 0 Å². The molecule has 1 unspecified atom stereocenters. The van der Waals surface area contributed by atoms with Gasteiger partial charge in [-0.25, -0.2) is 0 Å². The van der Waals surface area contributed by atoms with Crippen molar-refractivity contribution in [1.29, 1.82) is 0 Å². The van der Waals surface area contributed by atoms with Crippen molar-refractivity contribution >= 4 is 11.6 Å². The van der Waals surface area contributed by atoms with E-state index >= 15 is 0 Å². The minimum atomic E-state index is -0.906. The average Bonchev–Trinajstić information content (AvgIpc) is 2.16. The van der Waals surface area contributed by atoms with Gasteiger partial charge in [0, 0.05) is 11.8 Å². The van der Waals surface area contributed by atoms with E-state index in [1.165, 1.54) is 19.1 Å². The summed E-state index contributed by atoms with van der Waals surface area (Å²) < 4.78 is 0. The molecule has 7 heteroatoms. The van der Waals surface area contributed by atoms with Crippen molar-refractivity contribution in [2.24, 2.45) is 10.9 Å². The number of oxime groups is 1. The average molecular weight is 215 g/mol. The summed E-state index contributed by atoms with van der Waals surface area (Å²) in [6, 6.07) is -0.906. The van der Waals surface area contributed by atoms with Crippen LogP contribution in [0.5, 0.6) is 0 Å². The molecule has 0 aromatic heterocycles. The van der Waals surface area contributed by atoms with Gasteiger partial charge in [-0.05, 0) is 19.1 Å². The predicted molar refractivity (Wildman–Crippen MR) is 53.9 cm³/mol. The number of nitrogens with zero attached hydrogens (tertiary/aromatic N) is 2. The molecular formula is C8H13N3O4. The van der Waals surface area contributed by atoms with E-state index in [0.29, 0.717) is 0 Å². The highest BCUT2D eigenvalue weighted by Gasteiger charge is 2.09. The van der Waals surface area contributed by atoms with Gasteiger partial charge in [-0.2, -0.15) is 0 Å². The van der Waals surface area contributed by atoms with Crippen LogP contribution in [0.2, 0.25) is 0 Å². The molecule has 1 amide bonds. The molecule has 0 bridgehead atoms. The van der Waals surface area contributed by atoms with Gasteiger partial charge in [0.1, 0.15) is 6.61 Å². The third-order valence-corrected chi connectivity index (χ3v) is 1.41. The first-order valence-electron chi connectivity index (χ1n) is 4.30. The van der Waals surface area contributed by atoms with E-state index in [1.807, 2.05) is 0 Å². The van der Waals surface area contributed by atoms with Crippen LogP contribution in [-0.4, -0.2) is 29.2 Å². The Bertz CT molecular complexity index is 298. The van der Waals surface area contributed by atoms with Gasteiger partial charge < -0.3 is 10.6 Å². The van der Waals surface area contributed by atoms with Gasteiger partial charge in [0.2, 0.25) is 6.04 Å². The summed E-state index contributed by atoms with van der Waals surface area (Å²) in [4.78, 5) is 25.2. The maximum atomic E-state index is 10.8. The second-order valence-corrected chi connectivity index (χ2v) is 2.64. The van der Waals surface area contributed by atoms with Gasteiger partial charge >= 0.3 is 0 Å². The van der Waals surface area contributed by atoms with Crippen molar-refractivity contribution < 1.29 is 14.6 Å². The fraction of sp³-hybridized carbons (Fsp3) is 0.500. The quantitative estimate of drug-likeness (QED) is 0.384. The van der Waals surface area contributed by atoms with Crippen molar-refractivity contribution in [3.63, 3.8) is 0 Å². The lowest BCUT2D eigenvalue weighted by Crippen LogP contribution is -2.22. The molecule has 0 aliphatic carbocycles. The van der Waals surface area contributed by atoms with Crippen LogP contribution in [0.25, 0.3) is 0 Å². The van der Waals surface area contributed by atoms with Crippen LogP contribution in [0.15, 0.2) is 17.3 Å². The van der Waals surface area contributed by atoms with Crippen LogP contribution in [0.4, 0.5) is 0 Å². The predicted octanol–water partition coefficient (Wildman–Crippen LogP) is 0.0856. The summed E-state index contributed by atoms with van der Waals surface area (Å²) in [6.07, 6.45) is 2.38. The molecule has 0 saturated carbocycles. The molecule has 2 N–H and O–H groups in total. The monoisotopic (exact) mass is 215 g/mol. The van der Waals surface area contributed by atoms with E-state index in [2.05, 4.69) is 9.99 Å². The van der Waals surface area contributed by atoms with Crippen LogP contribution in [0.1, 0.15) is 13.8 Å². The van der Waals surface area contributed by atoms with E-state index < -0.39 is 16.9 Å². The Morgan fingerprint density at radius 3 is 2.73 bits per heavy atom. The zero-order valence-electron chi connectivity index (χ0n) is 8.54. The van der Waals surface area contributed by atoms with Crippen LogP contribution >= 0.6 is 0 Å². The molecule has 0 saturated heterocycles. The van der Waals surface area contributed by atoms with E-state index in [1.54, 1.807) is 6.92 Å². The second-order valence-electron chi connectivity index (χ2n) is 2.64. The number of hydrogen-bond donors (Lipinski definition) is 1. The van der Waals surface area contributed by atoms with Crippen LogP contribution in [0.3, 0.4) is 0 Å². The summed E-state index contributed by atoms with van der Waals surface area (Å²) in [5.41, 5.74) is 4.82. The molecule has 0 aromatic rings. The third-order valence-electron chi connectivity index (χ3n) is 1.41. The Hall–Kier alpha value is -1.92. The number of nitrogens with two attached hydrogens (primary N) is 1. The molecule has 84 valence electrons. The Balaban J connectivity index is 4.55. The SMILES string of the molecule is CCO/N=C(\C=C\C(C)[N+](=O)[O-])C(N)=O. The molecular weight excluding hydrogens is 202 g/mol. The Morgan fingerprint density at radius 1 is 1.73 bits per heavy atom. The minimum absolute atomic E-state index is 0.148. The summed E-state index contributed by atoms with van der Waals surface area (Å²) in [5.74, 6) is -0.796. The molecule has 0 aromatic carbocycles. The highest BCUT2D eigenvalue weighted by molar-refractivity contribution is 6.42. The van der Waals surface area contributed by atoms with Gasteiger partial charge in [0.25, 0.3) is 5.91 Å². The molecule has 15 heavy (non-hydrogen) atoms. The molecule has 1 atom stereocenters. The Kier molecular flexibility index (Phi) is 5.69. The molecule has 0 rings (SSSR count). The van der Waals surface area contributed by atoms with Crippen LogP contribution in [0, 0.1) is 10.1 Å². The molecule has 7 nitrogen and oxygen atoms in total. The molecule has 0 aliphatic heterocycles. The minimum Gasteiger partial charge on any atom is -0.395 e. The molecule has 0 radical (unpaired) electrons. The third kappa shape index (κ3) is 5.40. The largest absolute Gasteiger partial charge is 0.395 e. The van der Waals surface area contributed by atoms with Gasteiger partial charge in [0.15, 0.2) is 5.71 Å². The lowest BCUT2D eigenvalue weighted by Gasteiger charge is -1.97. The number of amides is 1. The summed E-state index contributed by atoms with van der Waals surface area (Å²) in [6.45, 7) is 3.34. The maximum absolute atomic E-state index is 10.8. The van der Waals surface area contributed by atoms with Crippen molar-refractivity contribution in [2.75, 3.05) is 6.61 Å². The smallest absolute Gasteiger partial charge is 0.270 e. The highest BCUT2D eigenvalue weighted by atomic mass is 16.6. The number of carbonyl (C=O) groups excluding carboxylic acids is 1. The highest BCUT2D eigenvalue weighted by Crippen LogP contribution is 1.92. The molecule has 0 spiro atoms. The summed E-state index contributed by atoms with van der Waals surface area (Å²) >= 11 is 0. The van der Waals surface area contributed by atoms with E-state index in [9.17, 15) is 14.9 Å². The lowest BCUT2D eigenvalue weighted by atomic mass is 10.2. The Morgan fingerprint density at radius 2 is 2.33 bits per heavy atom. The maximum Gasteiger partial charge on any atom is 0.270 e. The molecule has 0 fully saturated rings. The zero-order chi connectivity index (χ0) is 11.8. The number of carbonyl (C=O) groups is 1. The van der Waals surface area contributed by atoms with Gasteiger partial charge in [-0.1, -0.05) is 5.16 Å². The van der Waals surface area contributed by atoms with E-state index in [-0.39, 0.29) is 12.3 Å². The van der Waals surface area contributed by atoms with Crippen molar-refractivity contribution in [3.8, 4) is 0 Å². The number of nitro groups is 1. The van der Waals surface area contributed by atoms with Gasteiger partial charge in [-0.15, -0.1) is 0 Å². The fourth-order valence-electron chi connectivity index (χ4n) is 0.592. The topological polar surface area (TPSA) is 108 Å². The van der Waals surface area contributed by atoms with Crippen molar-refractivity contribution in [1.82, 2.24) is 0 Å². The first-order chi connectivity index (χ1) is 6.99. The first kappa shape index (κ1) is 13.1. The Labute approximate surface area is 86.7 Å². The summed E-state index contributed by atoms with van der Waals surface area (Å²) in [5, 5.41) is 13.7. The van der Waals surface area contributed by atoms with Crippen LogP contribution < -0.4 is 5.73 Å². The molecule has 0 aliphatic rings.